The number of rotatable bonds is 5. The van der Waals surface area contributed by atoms with Gasteiger partial charge in [0, 0.05) is 11.0 Å². The van der Waals surface area contributed by atoms with Crippen LogP contribution in [0.3, 0.4) is 0 Å². The minimum atomic E-state index is -1.01. The molecule has 0 bridgehead atoms. The van der Waals surface area contributed by atoms with E-state index in [1.165, 1.54) is 0 Å². The summed E-state index contributed by atoms with van der Waals surface area (Å²) in [6.45, 7) is 2.70. The maximum absolute atomic E-state index is 11.9. The van der Waals surface area contributed by atoms with Crippen LogP contribution >= 0.6 is 15.9 Å². The molecule has 2 N–H and O–H groups in total. The van der Waals surface area contributed by atoms with E-state index in [-0.39, 0.29) is 12.6 Å². The van der Waals surface area contributed by atoms with E-state index in [0.29, 0.717) is 19.6 Å². The highest BCUT2D eigenvalue weighted by molar-refractivity contribution is 9.10. The average Bonchev–Trinajstić information content (AvgIpc) is 2.41. The fourth-order valence-corrected chi connectivity index (χ4v) is 2.39. The molecule has 1 aromatic carbocycles. The molecule has 1 heterocycles. The molecule has 1 aromatic rings. The second kappa shape index (κ2) is 6.44. The van der Waals surface area contributed by atoms with Crippen LogP contribution < -0.4 is 5.32 Å². The Bertz CT molecular complexity index is 526. The van der Waals surface area contributed by atoms with Crippen LogP contribution in [0.2, 0.25) is 0 Å². The smallest absolute Gasteiger partial charge is 0.329 e. The molecule has 0 spiro atoms. The fraction of sp³-hybridized carbons (Fsp3) is 0.429. The Kier molecular flexibility index (Phi) is 4.84. The van der Waals surface area contributed by atoms with Crippen molar-refractivity contribution in [3.63, 3.8) is 0 Å². The van der Waals surface area contributed by atoms with Gasteiger partial charge in [-0.15, -0.1) is 0 Å². The number of nitrogens with zero attached hydrogens (tertiary/aromatic N) is 1. The van der Waals surface area contributed by atoms with Gasteiger partial charge in [-0.3, -0.25) is 0 Å². The lowest BCUT2D eigenvalue weighted by Crippen LogP contribution is -2.65. The lowest BCUT2D eigenvalue weighted by Gasteiger charge is -2.46. The number of hydrogen-bond donors (Lipinski definition) is 2. The van der Waals surface area contributed by atoms with Crippen LogP contribution in [0.15, 0.2) is 28.7 Å². The van der Waals surface area contributed by atoms with Gasteiger partial charge in [0.1, 0.15) is 12.2 Å². The Labute approximate surface area is 131 Å². The first kappa shape index (κ1) is 15.8. The minimum absolute atomic E-state index is 0.172. The minimum Gasteiger partial charge on any atom is -0.480 e. The molecule has 114 valence electrons. The van der Waals surface area contributed by atoms with Crippen LogP contribution in [0, 0.1) is 0 Å². The number of hydrogen-bond acceptors (Lipinski definition) is 3. The fourth-order valence-electron chi connectivity index (χ4n) is 2.12. The van der Waals surface area contributed by atoms with E-state index in [1.54, 1.807) is 11.8 Å². The van der Waals surface area contributed by atoms with Crippen molar-refractivity contribution in [1.29, 1.82) is 0 Å². The molecule has 1 aliphatic rings. The Morgan fingerprint density at radius 2 is 2.00 bits per heavy atom. The summed E-state index contributed by atoms with van der Waals surface area (Å²) >= 11 is 3.36. The summed E-state index contributed by atoms with van der Waals surface area (Å²) in [5.74, 6) is -1.01. The van der Waals surface area contributed by atoms with Crippen LogP contribution in [0.5, 0.6) is 0 Å². The van der Waals surface area contributed by atoms with Crippen molar-refractivity contribution in [1.82, 2.24) is 10.2 Å². The highest BCUT2D eigenvalue weighted by Gasteiger charge is 2.42. The maximum atomic E-state index is 11.9. The van der Waals surface area contributed by atoms with Gasteiger partial charge < -0.3 is 20.1 Å². The average molecular weight is 357 g/mol. The molecular weight excluding hydrogens is 340 g/mol. The van der Waals surface area contributed by atoms with E-state index in [1.807, 2.05) is 24.3 Å². The zero-order valence-electron chi connectivity index (χ0n) is 11.6. The van der Waals surface area contributed by atoms with Gasteiger partial charge in [-0.2, -0.15) is 0 Å². The number of carbonyl (C=O) groups is 2. The first-order chi connectivity index (χ1) is 9.88. The monoisotopic (exact) mass is 356 g/mol. The largest absolute Gasteiger partial charge is 0.480 e. The van der Waals surface area contributed by atoms with Crippen LogP contribution in [-0.4, -0.2) is 47.3 Å². The van der Waals surface area contributed by atoms with Crippen LogP contribution in [0.1, 0.15) is 12.5 Å². The van der Waals surface area contributed by atoms with E-state index in [0.717, 1.165) is 10.0 Å². The van der Waals surface area contributed by atoms with Gasteiger partial charge in [-0.25, -0.2) is 9.59 Å². The summed E-state index contributed by atoms with van der Waals surface area (Å²) in [5, 5.41) is 11.4. The Morgan fingerprint density at radius 1 is 1.38 bits per heavy atom. The van der Waals surface area contributed by atoms with Crippen molar-refractivity contribution in [3.05, 3.63) is 34.3 Å². The van der Waals surface area contributed by atoms with Crippen molar-refractivity contribution in [2.45, 2.75) is 19.1 Å². The number of carbonyl (C=O) groups excluding carboxylic acids is 1. The van der Waals surface area contributed by atoms with E-state index < -0.39 is 11.6 Å². The summed E-state index contributed by atoms with van der Waals surface area (Å²) in [6.07, 6.45) is 0. The summed E-state index contributed by atoms with van der Waals surface area (Å²) < 4.78 is 6.25. The van der Waals surface area contributed by atoms with E-state index in [4.69, 9.17) is 9.84 Å². The number of ether oxygens (including phenoxy) is 1. The van der Waals surface area contributed by atoms with Gasteiger partial charge in [-0.1, -0.05) is 28.1 Å². The van der Waals surface area contributed by atoms with Crippen molar-refractivity contribution in [2.24, 2.45) is 0 Å². The van der Waals surface area contributed by atoms with Crippen molar-refractivity contribution < 1.29 is 19.4 Å². The lowest BCUT2D eigenvalue weighted by molar-refractivity contribution is -0.159. The predicted molar refractivity (Wildman–Crippen MR) is 79.9 cm³/mol. The normalized spacial score (nSPS) is 16.2. The molecule has 0 atom stereocenters. The van der Waals surface area contributed by atoms with Gasteiger partial charge in [0.05, 0.1) is 13.1 Å². The third kappa shape index (κ3) is 4.44. The Hall–Kier alpha value is -1.60. The van der Waals surface area contributed by atoms with Gasteiger partial charge in [0.15, 0.2) is 0 Å². The maximum Gasteiger partial charge on any atom is 0.329 e. The molecule has 2 rings (SSSR count). The third-order valence-corrected chi connectivity index (χ3v) is 3.77. The number of benzene rings is 1. The topological polar surface area (TPSA) is 78.9 Å². The molecule has 0 radical (unpaired) electrons. The molecule has 1 saturated heterocycles. The molecule has 1 aliphatic heterocycles. The highest BCUT2D eigenvalue weighted by Crippen LogP contribution is 2.24. The Balaban J connectivity index is 1.73. The summed E-state index contributed by atoms with van der Waals surface area (Å²) in [4.78, 5) is 24.0. The zero-order chi connectivity index (χ0) is 15.5. The number of aliphatic carboxylic acids is 1. The molecule has 0 aromatic heterocycles. The zero-order valence-corrected chi connectivity index (χ0v) is 13.2. The van der Waals surface area contributed by atoms with Crippen LogP contribution in [0.25, 0.3) is 0 Å². The molecule has 2 amide bonds. The SMILES string of the molecule is CC1(OCC(=O)O)CN(C(=O)NCc2ccc(Br)cc2)C1. The van der Waals surface area contributed by atoms with E-state index in [9.17, 15) is 9.59 Å². The molecule has 21 heavy (non-hydrogen) atoms. The number of likely N-dealkylation sites (tertiary alicyclic amines) is 1. The van der Waals surface area contributed by atoms with Crippen LogP contribution in [-0.2, 0) is 16.1 Å². The lowest BCUT2D eigenvalue weighted by atomic mass is 9.97. The first-order valence-corrected chi connectivity index (χ1v) is 7.30. The van der Waals surface area contributed by atoms with E-state index >= 15 is 0 Å². The number of nitrogens with one attached hydrogen (secondary N) is 1. The molecule has 6 nitrogen and oxygen atoms in total. The second-order valence-corrected chi connectivity index (χ2v) is 6.19. The van der Waals surface area contributed by atoms with Crippen molar-refractivity contribution in [2.75, 3.05) is 19.7 Å². The van der Waals surface area contributed by atoms with Gasteiger partial charge in [0.2, 0.25) is 0 Å². The summed E-state index contributed by atoms with van der Waals surface area (Å²) in [5.41, 5.74) is 0.449. The number of halogens is 1. The Morgan fingerprint density at radius 3 is 2.57 bits per heavy atom. The van der Waals surface area contributed by atoms with Gasteiger partial charge in [0.25, 0.3) is 0 Å². The van der Waals surface area contributed by atoms with Gasteiger partial charge in [-0.05, 0) is 24.6 Å². The summed E-state index contributed by atoms with van der Waals surface area (Å²) in [6, 6.07) is 7.53. The first-order valence-electron chi connectivity index (χ1n) is 6.51. The van der Waals surface area contributed by atoms with Gasteiger partial charge >= 0.3 is 12.0 Å². The molecule has 7 heteroatoms. The molecule has 0 aliphatic carbocycles. The van der Waals surface area contributed by atoms with E-state index in [2.05, 4.69) is 21.2 Å². The second-order valence-electron chi connectivity index (χ2n) is 5.27. The van der Waals surface area contributed by atoms with Crippen LogP contribution in [0.4, 0.5) is 4.79 Å². The third-order valence-electron chi connectivity index (χ3n) is 3.24. The predicted octanol–water partition coefficient (Wildman–Crippen LogP) is 1.83. The number of amides is 2. The molecular formula is C14H17BrN2O4. The molecule has 0 saturated carbocycles. The van der Waals surface area contributed by atoms with Crippen molar-refractivity contribution >= 4 is 27.9 Å². The number of urea groups is 1. The molecule has 1 fully saturated rings. The highest BCUT2D eigenvalue weighted by atomic mass is 79.9. The standard InChI is InChI=1S/C14H17BrN2O4/c1-14(21-7-12(18)19)8-17(9-14)13(20)16-6-10-2-4-11(15)5-3-10/h2-5H,6-9H2,1H3,(H,16,20)(H,18,19). The van der Waals surface area contributed by atoms with Crippen molar-refractivity contribution in [3.8, 4) is 0 Å². The quantitative estimate of drug-likeness (QED) is 0.843. The molecule has 0 unspecified atom stereocenters. The number of carboxylic acids is 1. The number of carboxylic acid groups (broad SMARTS) is 1. The summed E-state index contributed by atoms with van der Waals surface area (Å²) in [7, 11) is 0.